The standard InChI is InChI=1S/C17H28N2/c1-13-8-10-16(12-14(13)2)17(19-18)11-9-15-6-4-3-5-7-15/h3-7,13-14,16-17,19H,8-12,18H2,1-2H3. The van der Waals surface area contributed by atoms with Crippen LogP contribution in [0.25, 0.3) is 0 Å². The third-order valence-electron chi connectivity index (χ3n) is 5.01. The molecule has 0 bridgehead atoms. The third-order valence-corrected chi connectivity index (χ3v) is 5.01. The van der Waals surface area contributed by atoms with Crippen LogP contribution in [0.3, 0.4) is 0 Å². The molecule has 19 heavy (non-hydrogen) atoms. The number of hydrogen-bond donors (Lipinski definition) is 2. The van der Waals surface area contributed by atoms with E-state index < -0.39 is 0 Å². The summed E-state index contributed by atoms with van der Waals surface area (Å²) in [7, 11) is 0. The monoisotopic (exact) mass is 260 g/mol. The van der Waals surface area contributed by atoms with E-state index in [0.717, 1.165) is 30.6 Å². The van der Waals surface area contributed by atoms with Crippen molar-refractivity contribution in [3.05, 3.63) is 35.9 Å². The van der Waals surface area contributed by atoms with Crippen molar-refractivity contribution in [2.24, 2.45) is 23.6 Å². The minimum Gasteiger partial charge on any atom is -0.271 e. The molecule has 1 fully saturated rings. The lowest BCUT2D eigenvalue weighted by Gasteiger charge is -2.36. The Balaban J connectivity index is 1.86. The van der Waals surface area contributed by atoms with Gasteiger partial charge < -0.3 is 0 Å². The largest absolute Gasteiger partial charge is 0.271 e. The van der Waals surface area contributed by atoms with Gasteiger partial charge in [-0.15, -0.1) is 0 Å². The lowest BCUT2D eigenvalue weighted by atomic mass is 9.72. The molecule has 2 nitrogen and oxygen atoms in total. The highest BCUT2D eigenvalue weighted by atomic mass is 15.2. The smallest absolute Gasteiger partial charge is 0.0242 e. The summed E-state index contributed by atoms with van der Waals surface area (Å²) in [6.07, 6.45) is 6.28. The summed E-state index contributed by atoms with van der Waals surface area (Å²) in [5.74, 6) is 8.27. The van der Waals surface area contributed by atoms with Crippen molar-refractivity contribution in [2.45, 2.75) is 52.0 Å². The summed E-state index contributed by atoms with van der Waals surface area (Å²) < 4.78 is 0. The van der Waals surface area contributed by atoms with Crippen LogP contribution in [0, 0.1) is 17.8 Å². The molecule has 1 aliphatic carbocycles. The van der Waals surface area contributed by atoms with Crippen molar-refractivity contribution in [3.63, 3.8) is 0 Å². The van der Waals surface area contributed by atoms with Crippen molar-refractivity contribution < 1.29 is 0 Å². The van der Waals surface area contributed by atoms with Gasteiger partial charge in [-0.05, 0) is 49.0 Å². The number of benzene rings is 1. The highest BCUT2D eigenvalue weighted by Crippen LogP contribution is 2.35. The van der Waals surface area contributed by atoms with Crippen molar-refractivity contribution >= 4 is 0 Å². The van der Waals surface area contributed by atoms with Crippen molar-refractivity contribution in [1.29, 1.82) is 0 Å². The van der Waals surface area contributed by atoms with Gasteiger partial charge in [0, 0.05) is 6.04 Å². The van der Waals surface area contributed by atoms with Crippen LogP contribution in [0.4, 0.5) is 0 Å². The van der Waals surface area contributed by atoms with Crippen molar-refractivity contribution in [3.8, 4) is 0 Å². The number of nitrogens with one attached hydrogen (secondary N) is 1. The number of hydrogen-bond acceptors (Lipinski definition) is 2. The molecule has 1 aromatic carbocycles. The van der Waals surface area contributed by atoms with Crippen LogP contribution in [-0.2, 0) is 6.42 Å². The van der Waals surface area contributed by atoms with Crippen LogP contribution in [0.5, 0.6) is 0 Å². The molecule has 0 saturated heterocycles. The third kappa shape index (κ3) is 4.05. The van der Waals surface area contributed by atoms with Crippen molar-refractivity contribution in [2.75, 3.05) is 0 Å². The average molecular weight is 260 g/mol. The second kappa shape index (κ2) is 7.06. The first-order valence-electron chi connectivity index (χ1n) is 7.70. The lowest BCUT2D eigenvalue weighted by Crippen LogP contribution is -2.43. The van der Waals surface area contributed by atoms with Gasteiger partial charge in [-0.3, -0.25) is 11.3 Å². The molecule has 4 unspecified atom stereocenters. The molecular formula is C17H28N2. The Kier molecular flexibility index (Phi) is 5.41. The van der Waals surface area contributed by atoms with E-state index in [1.807, 2.05) is 0 Å². The molecular weight excluding hydrogens is 232 g/mol. The van der Waals surface area contributed by atoms with E-state index in [4.69, 9.17) is 5.84 Å². The normalized spacial score (nSPS) is 29.1. The summed E-state index contributed by atoms with van der Waals surface area (Å²) in [6.45, 7) is 4.78. The Labute approximate surface area is 117 Å². The van der Waals surface area contributed by atoms with Gasteiger partial charge >= 0.3 is 0 Å². The maximum Gasteiger partial charge on any atom is 0.0242 e. The van der Waals surface area contributed by atoms with Gasteiger partial charge in [-0.1, -0.05) is 50.6 Å². The Morgan fingerprint density at radius 3 is 2.53 bits per heavy atom. The fraction of sp³-hybridized carbons (Fsp3) is 0.647. The van der Waals surface area contributed by atoms with Gasteiger partial charge in [0.25, 0.3) is 0 Å². The second-order valence-electron chi connectivity index (χ2n) is 6.33. The van der Waals surface area contributed by atoms with E-state index in [9.17, 15) is 0 Å². The predicted octanol–water partition coefficient (Wildman–Crippen LogP) is 3.52. The van der Waals surface area contributed by atoms with E-state index in [-0.39, 0.29) is 0 Å². The topological polar surface area (TPSA) is 38.0 Å². The Morgan fingerprint density at radius 1 is 1.16 bits per heavy atom. The Hall–Kier alpha value is -0.860. The SMILES string of the molecule is CC1CCC(C(CCc2ccccc2)NN)CC1C. The zero-order chi connectivity index (χ0) is 13.7. The minimum atomic E-state index is 0.468. The molecule has 0 aliphatic heterocycles. The van der Waals surface area contributed by atoms with Gasteiger partial charge in [0.2, 0.25) is 0 Å². The van der Waals surface area contributed by atoms with Gasteiger partial charge in [0.15, 0.2) is 0 Å². The van der Waals surface area contributed by atoms with Crippen LogP contribution in [0.15, 0.2) is 30.3 Å². The summed E-state index contributed by atoms with van der Waals surface area (Å²) in [6, 6.07) is 11.2. The zero-order valence-electron chi connectivity index (χ0n) is 12.3. The summed E-state index contributed by atoms with van der Waals surface area (Å²) in [5, 5.41) is 0. The zero-order valence-corrected chi connectivity index (χ0v) is 12.3. The summed E-state index contributed by atoms with van der Waals surface area (Å²) in [5.41, 5.74) is 4.49. The lowest BCUT2D eigenvalue weighted by molar-refractivity contribution is 0.166. The second-order valence-corrected chi connectivity index (χ2v) is 6.33. The van der Waals surface area contributed by atoms with Gasteiger partial charge in [0.1, 0.15) is 0 Å². The van der Waals surface area contributed by atoms with Crippen LogP contribution in [-0.4, -0.2) is 6.04 Å². The van der Waals surface area contributed by atoms with Gasteiger partial charge in [-0.25, -0.2) is 0 Å². The molecule has 0 spiro atoms. The fourth-order valence-corrected chi connectivity index (χ4v) is 3.38. The molecule has 0 radical (unpaired) electrons. The quantitative estimate of drug-likeness (QED) is 0.628. The molecule has 2 rings (SSSR count). The Morgan fingerprint density at radius 2 is 1.89 bits per heavy atom. The first-order valence-corrected chi connectivity index (χ1v) is 7.70. The van der Waals surface area contributed by atoms with Gasteiger partial charge in [-0.2, -0.15) is 0 Å². The van der Waals surface area contributed by atoms with E-state index in [2.05, 4.69) is 49.6 Å². The Bertz CT molecular complexity index is 363. The van der Waals surface area contributed by atoms with Crippen LogP contribution < -0.4 is 11.3 Å². The maximum absolute atomic E-state index is 5.80. The molecule has 0 amide bonds. The molecule has 0 heterocycles. The number of hydrazine groups is 1. The first-order chi connectivity index (χ1) is 9.20. The number of rotatable bonds is 5. The number of aryl methyl sites for hydroxylation is 1. The molecule has 3 N–H and O–H groups in total. The van der Waals surface area contributed by atoms with E-state index in [1.165, 1.54) is 24.8 Å². The van der Waals surface area contributed by atoms with E-state index >= 15 is 0 Å². The molecule has 0 aromatic heterocycles. The molecule has 4 atom stereocenters. The average Bonchev–Trinajstić information content (AvgIpc) is 2.44. The van der Waals surface area contributed by atoms with E-state index in [1.54, 1.807) is 0 Å². The van der Waals surface area contributed by atoms with Crippen LogP contribution in [0.2, 0.25) is 0 Å². The van der Waals surface area contributed by atoms with Gasteiger partial charge in [0.05, 0.1) is 0 Å². The summed E-state index contributed by atoms with van der Waals surface area (Å²) in [4.78, 5) is 0. The molecule has 1 saturated carbocycles. The van der Waals surface area contributed by atoms with Crippen LogP contribution >= 0.6 is 0 Å². The highest BCUT2D eigenvalue weighted by molar-refractivity contribution is 5.14. The minimum absolute atomic E-state index is 0.468. The summed E-state index contributed by atoms with van der Waals surface area (Å²) >= 11 is 0. The van der Waals surface area contributed by atoms with Crippen LogP contribution in [0.1, 0.15) is 45.1 Å². The molecule has 106 valence electrons. The number of nitrogens with two attached hydrogens (primary N) is 1. The highest BCUT2D eigenvalue weighted by Gasteiger charge is 2.29. The molecule has 2 heteroatoms. The molecule has 1 aliphatic rings. The predicted molar refractivity (Wildman–Crippen MR) is 81.5 cm³/mol. The van der Waals surface area contributed by atoms with Crippen molar-refractivity contribution in [1.82, 2.24) is 5.43 Å². The first kappa shape index (κ1) is 14.5. The molecule has 1 aromatic rings. The van der Waals surface area contributed by atoms with E-state index in [0.29, 0.717) is 6.04 Å². The maximum atomic E-state index is 5.80. The fourth-order valence-electron chi connectivity index (χ4n) is 3.38.